The zero-order chi connectivity index (χ0) is 17.5. The molecule has 1 amide bonds. The van der Waals surface area contributed by atoms with Crippen LogP contribution in [0.5, 0.6) is 0 Å². The summed E-state index contributed by atoms with van der Waals surface area (Å²) in [5.74, 6) is 0.253. The molecule has 0 radical (unpaired) electrons. The smallest absolute Gasteiger partial charge is 0.268 e. The van der Waals surface area contributed by atoms with Crippen LogP contribution in [-0.4, -0.2) is 48.4 Å². The molecule has 128 valence electrons. The third-order valence-corrected chi connectivity index (χ3v) is 5.89. The molecular weight excluding hydrogens is 332 g/mol. The Labute approximate surface area is 139 Å². The zero-order valence-corrected chi connectivity index (χ0v) is 14.4. The normalized spacial score (nSPS) is 17.1. The van der Waals surface area contributed by atoms with E-state index in [1.54, 1.807) is 13.0 Å². The summed E-state index contributed by atoms with van der Waals surface area (Å²) in [6, 6.07) is 4.70. The summed E-state index contributed by atoms with van der Waals surface area (Å²) in [5, 5.41) is 6.98. The standard InChI is InChI=1S/C15H18N4O4S/c1-4-19-15(20)11-6-5-10(8-12(11)24(19,21)22)14-17-13(18-23-14)7-9(2)16-3/h5-6,8-9,16H,4,7H2,1-3H3. The van der Waals surface area contributed by atoms with E-state index in [-0.39, 0.29) is 28.9 Å². The second kappa shape index (κ2) is 5.99. The first-order chi connectivity index (χ1) is 11.4. The van der Waals surface area contributed by atoms with Crippen molar-refractivity contribution in [3.05, 3.63) is 29.6 Å². The van der Waals surface area contributed by atoms with Crippen LogP contribution < -0.4 is 5.32 Å². The lowest BCUT2D eigenvalue weighted by Crippen LogP contribution is -2.29. The van der Waals surface area contributed by atoms with Crippen LogP contribution in [0.15, 0.2) is 27.6 Å². The first-order valence-corrected chi connectivity index (χ1v) is 9.03. The minimum atomic E-state index is -3.81. The number of carbonyl (C=O) groups is 1. The van der Waals surface area contributed by atoms with Gasteiger partial charge in [0.05, 0.1) is 5.56 Å². The van der Waals surface area contributed by atoms with Gasteiger partial charge >= 0.3 is 0 Å². The van der Waals surface area contributed by atoms with E-state index in [4.69, 9.17) is 4.52 Å². The van der Waals surface area contributed by atoms with Gasteiger partial charge < -0.3 is 9.84 Å². The van der Waals surface area contributed by atoms with E-state index in [0.717, 1.165) is 4.31 Å². The van der Waals surface area contributed by atoms with Gasteiger partial charge in [0.15, 0.2) is 5.82 Å². The number of carbonyl (C=O) groups excluding carboxylic acids is 1. The number of benzene rings is 1. The summed E-state index contributed by atoms with van der Waals surface area (Å²) in [4.78, 5) is 16.4. The predicted molar refractivity (Wildman–Crippen MR) is 85.9 cm³/mol. The van der Waals surface area contributed by atoms with Crippen molar-refractivity contribution in [3.8, 4) is 11.5 Å². The van der Waals surface area contributed by atoms with Crippen LogP contribution in [0.3, 0.4) is 0 Å². The fourth-order valence-corrected chi connectivity index (χ4v) is 4.15. The van der Waals surface area contributed by atoms with Gasteiger partial charge in [-0.15, -0.1) is 0 Å². The lowest BCUT2D eigenvalue weighted by Gasteiger charge is -2.10. The number of likely N-dealkylation sites (N-methyl/N-ethyl adjacent to an activating group) is 1. The molecular formula is C15H18N4O4S. The average Bonchev–Trinajstić information content (AvgIpc) is 3.09. The molecule has 1 aromatic carbocycles. The van der Waals surface area contributed by atoms with Crippen LogP contribution in [0, 0.1) is 0 Å². The molecule has 24 heavy (non-hydrogen) atoms. The molecule has 0 bridgehead atoms. The van der Waals surface area contributed by atoms with E-state index in [0.29, 0.717) is 17.8 Å². The molecule has 1 aliphatic rings. The van der Waals surface area contributed by atoms with Crippen LogP contribution in [0.1, 0.15) is 30.0 Å². The number of rotatable bonds is 5. The van der Waals surface area contributed by atoms with Crippen molar-refractivity contribution in [3.63, 3.8) is 0 Å². The van der Waals surface area contributed by atoms with E-state index >= 15 is 0 Å². The van der Waals surface area contributed by atoms with E-state index in [9.17, 15) is 13.2 Å². The fourth-order valence-electron chi connectivity index (χ4n) is 2.55. The highest BCUT2D eigenvalue weighted by Crippen LogP contribution is 2.33. The Hall–Kier alpha value is -2.26. The third-order valence-electron chi connectivity index (χ3n) is 3.99. The molecule has 2 aromatic rings. The number of aromatic nitrogens is 2. The van der Waals surface area contributed by atoms with Crippen LogP contribution in [0.4, 0.5) is 0 Å². The Bertz CT molecular complexity index is 891. The van der Waals surface area contributed by atoms with E-state index in [2.05, 4.69) is 15.5 Å². The van der Waals surface area contributed by atoms with E-state index in [1.165, 1.54) is 12.1 Å². The van der Waals surface area contributed by atoms with E-state index in [1.807, 2.05) is 14.0 Å². The van der Waals surface area contributed by atoms with Crippen molar-refractivity contribution in [1.29, 1.82) is 0 Å². The van der Waals surface area contributed by atoms with Crippen LogP contribution in [0.2, 0.25) is 0 Å². The molecule has 0 fully saturated rings. The quantitative estimate of drug-likeness (QED) is 0.859. The summed E-state index contributed by atoms with van der Waals surface area (Å²) in [6.45, 7) is 3.70. The SMILES string of the molecule is CCN1C(=O)c2ccc(-c3nc(CC(C)NC)no3)cc2S1(=O)=O. The van der Waals surface area contributed by atoms with Crippen molar-refractivity contribution in [2.45, 2.75) is 31.2 Å². The van der Waals surface area contributed by atoms with Crippen LogP contribution in [-0.2, 0) is 16.4 Å². The molecule has 8 nitrogen and oxygen atoms in total. The Kier molecular flexibility index (Phi) is 4.14. The largest absolute Gasteiger partial charge is 0.334 e. The van der Waals surface area contributed by atoms with Gasteiger partial charge in [-0.05, 0) is 39.1 Å². The zero-order valence-electron chi connectivity index (χ0n) is 13.6. The van der Waals surface area contributed by atoms with Gasteiger partial charge in [0.1, 0.15) is 4.90 Å². The number of nitrogens with one attached hydrogen (secondary N) is 1. The molecule has 1 aliphatic heterocycles. The first-order valence-electron chi connectivity index (χ1n) is 7.59. The van der Waals surface area contributed by atoms with Gasteiger partial charge in [0.2, 0.25) is 0 Å². The second-order valence-electron chi connectivity index (χ2n) is 5.60. The minimum absolute atomic E-state index is 0.0183. The number of fused-ring (bicyclic) bond motifs is 1. The molecule has 0 spiro atoms. The number of amides is 1. The van der Waals surface area contributed by atoms with E-state index < -0.39 is 15.9 Å². The monoisotopic (exact) mass is 350 g/mol. The topological polar surface area (TPSA) is 105 Å². The van der Waals surface area contributed by atoms with Crippen molar-refractivity contribution in [2.24, 2.45) is 0 Å². The van der Waals surface area contributed by atoms with Gasteiger partial charge in [-0.1, -0.05) is 5.16 Å². The molecule has 0 aliphatic carbocycles. The molecule has 1 N–H and O–H groups in total. The highest BCUT2D eigenvalue weighted by atomic mass is 32.2. The van der Waals surface area contributed by atoms with Gasteiger partial charge in [0, 0.05) is 24.6 Å². The molecule has 0 saturated carbocycles. The summed E-state index contributed by atoms with van der Waals surface area (Å²) >= 11 is 0. The number of nitrogens with zero attached hydrogens (tertiary/aromatic N) is 3. The molecule has 1 aromatic heterocycles. The maximum absolute atomic E-state index is 12.4. The maximum atomic E-state index is 12.4. The molecule has 3 rings (SSSR count). The van der Waals surface area contributed by atoms with Crippen molar-refractivity contribution >= 4 is 15.9 Å². The summed E-state index contributed by atoms with van der Waals surface area (Å²) < 4.78 is 30.9. The Balaban J connectivity index is 1.98. The summed E-state index contributed by atoms with van der Waals surface area (Å²) in [7, 11) is -1.97. The van der Waals surface area contributed by atoms with Crippen molar-refractivity contribution < 1.29 is 17.7 Å². The van der Waals surface area contributed by atoms with Gasteiger partial charge in [-0.25, -0.2) is 12.7 Å². The highest BCUT2D eigenvalue weighted by Gasteiger charge is 2.40. The third kappa shape index (κ3) is 2.59. The molecule has 9 heteroatoms. The Morgan fingerprint density at radius 2 is 2.12 bits per heavy atom. The molecule has 0 saturated heterocycles. The van der Waals surface area contributed by atoms with Crippen molar-refractivity contribution in [2.75, 3.05) is 13.6 Å². The number of hydrogen-bond acceptors (Lipinski definition) is 7. The average molecular weight is 350 g/mol. The highest BCUT2D eigenvalue weighted by molar-refractivity contribution is 7.90. The predicted octanol–water partition coefficient (Wildman–Crippen LogP) is 1.05. The fraction of sp³-hybridized carbons (Fsp3) is 0.400. The Morgan fingerprint density at radius 3 is 2.79 bits per heavy atom. The van der Waals surface area contributed by atoms with Gasteiger partial charge in [-0.2, -0.15) is 4.98 Å². The van der Waals surface area contributed by atoms with Crippen molar-refractivity contribution in [1.82, 2.24) is 19.8 Å². The summed E-state index contributed by atoms with van der Waals surface area (Å²) in [5.41, 5.74) is 0.642. The molecule has 1 atom stereocenters. The lowest BCUT2D eigenvalue weighted by atomic mass is 10.1. The number of hydrogen-bond donors (Lipinski definition) is 1. The van der Waals surface area contributed by atoms with Crippen LogP contribution in [0.25, 0.3) is 11.5 Å². The Morgan fingerprint density at radius 1 is 1.38 bits per heavy atom. The van der Waals surface area contributed by atoms with Crippen LogP contribution >= 0.6 is 0 Å². The minimum Gasteiger partial charge on any atom is -0.334 e. The second-order valence-corrected chi connectivity index (χ2v) is 7.43. The first kappa shape index (κ1) is 16.6. The molecule has 2 heterocycles. The number of sulfonamides is 1. The van der Waals surface area contributed by atoms with Gasteiger partial charge in [-0.3, -0.25) is 4.79 Å². The summed E-state index contributed by atoms with van der Waals surface area (Å²) in [6.07, 6.45) is 0.589. The maximum Gasteiger partial charge on any atom is 0.268 e. The lowest BCUT2D eigenvalue weighted by molar-refractivity contribution is 0.0876. The molecule has 1 unspecified atom stereocenters. The van der Waals surface area contributed by atoms with Gasteiger partial charge in [0.25, 0.3) is 21.8 Å².